The van der Waals surface area contributed by atoms with Crippen molar-refractivity contribution in [2.45, 2.75) is 19.5 Å². The third-order valence-electron chi connectivity index (χ3n) is 3.55. The minimum absolute atomic E-state index is 0.249. The van der Waals surface area contributed by atoms with E-state index in [0.717, 1.165) is 23.7 Å². The van der Waals surface area contributed by atoms with Gasteiger partial charge in [-0.25, -0.2) is 9.97 Å². The Kier molecular flexibility index (Phi) is 3.43. The van der Waals surface area contributed by atoms with Crippen LogP contribution in [0.4, 0.5) is 0 Å². The summed E-state index contributed by atoms with van der Waals surface area (Å²) >= 11 is 0. The van der Waals surface area contributed by atoms with Gasteiger partial charge in [0.2, 0.25) is 5.78 Å². The van der Waals surface area contributed by atoms with Gasteiger partial charge < -0.3 is 0 Å². The lowest BCUT2D eigenvalue weighted by Crippen LogP contribution is -2.23. The Bertz CT molecular complexity index is 692. The van der Waals surface area contributed by atoms with Crippen LogP contribution >= 0.6 is 0 Å². The van der Waals surface area contributed by atoms with Gasteiger partial charge in [-0.05, 0) is 32.2 Å². The highest BCUT2D eigenvalue weighted by atomic mass is 15.2. The van der Waals surface area contributed by atoms with Gasteiger partial charge in [0.05, 0.1) is 17.6 Å². The van der Waals surface area contributed by atoms with Crippen molar-refractivity contribution in [3.05, 3.63) is 60.4 Å². The highest BCUT2D eigenvalue weighted by Gasteiger charge is 2.14. The Labute approximate surface area is 117 Å². The van der Waals surface area contributed by atoms with Crippen LogP contribution in [-0.2, 0) is 6.54 Å². The number of hydrogen-bond donors (Lipinski definition) is 0. The van der Waals surface area contributed by atoms with Crippen molar-refractivity contribution in [3.63, 3.8) is 0 Å². The van der Waals surface area contributed by atoms with Crippen molar-refractivity contribution in [1.29, 1.82) is 0 Å². The molecular weight excluding hydrogens is 250 g/mol. The quantitative estimate of drug-likeness (QED) is 0.728. The molecular formula is C15H17N5. The molecule has 0 bridgehead atoms. The summed E-state index contributed by atoms with van der Waals surface area (Å²) in [5.41, 5.74) is 2.19. The molecule has 0 aliphatic carbocycles. The molecule has 0 saturated carbocycles. The molecule has 5 nitrogen and oxygen atoms in total. The third kappa shape index (κ3) is 2.40. The average molecular weight is 267 g/mol. The predicted octanol–water partition coefficient (Wildman–Crippen LogP) is 2.32. The third-order valence-corrected chi connectivity index (χ3v) is 3.55. The normalized spacial score (nSPS) is 12.9. The largest absolute Gasteiger partial charge is 0.292 e. The summed E-state index contributed by atoms with van der Waals surface area (Å²) in [5, 5.41) is 0. The Morgan fingerprint density at radius 2 is 2.00 bits per heavy atom. The van der Waals surface area contributed by atoms with E-state index in [2.05, 4.69) is 39.9 Å². The number of hydrogen-bond acceptors (Lipinski definition) is 4. The molecule has 0 radical (unpaired) electrons. The van der Waals surface area contributed by atoms with Crippen molar-refractivity contribution in [3.8, 4) is 0 Å². The first-order chi connectivity index (χ1) is 9.75. The molecule has 0 spiro atoms. The molecule has 0 unspecified atom stereocenters. The van der Waals surface area contributed by atoms with Crippen molar-refractivity contribution in [2.75, 3.05) is 7.05 Å². The number of imidazole rings is 1. The van der Waals surface area contributed by atoms with Gasteiger partial charge in [0.15, 0.2) is 0 Å². The summed E-state index contributed by atoms with van der Waals surface area (Å²) in [5.74, 6) is 0.737. The summed E-state index contributed by atoms with van der Waals surface area (Å²) in [6.07, 6.45) is 7.46. The minimum Gasteiger partial charge on any atom is -0.292 e. The van der Waals surface area contributed by atoms with E-state index in [-0.39, 0.29) is 6.04 Å². The molecule has 3 aromatic rings. The molecule has 0 N–H and O–H groups in total. The fourth-order valence-electron chi connectivity index (χ4n) is 2.24. The van der Waals surface area contributed by atoms with Crippen LogP contribution in [0.2, 0.25) is 0 Å². The van der Waals surface area contributed by atoms with Gasteiger partial charge in [0.25, 0.3) is 0 Å². The van der Waals surface area contributed by atoms with Crippen LogP contribution in [0.25, 0.3) is 5.78 Å². The second-order valence-corrected chi connectivity index (χ2v) is 4.88. The number of aromatic nitrogens is 4. The van der Waals surface area contributed by atoms with E-state index < -0.39 is 0 Å². The number of pyridine rings is 1. The zero-order valence-corrected chi connectivity index (χ0v) is 11.6. The molecule has 0 amide bonds. The summed E-state index contributed by atoms with van der Waals surface area (Å²) < 4.78 is 2.02. The van der Waals surface area contributed by atoms with Crippen LogP contribution in [-0.4, -0.2) is 31.3 Å². The topological polar surface area (TPSA) is 46.3 Å². The van der Waals surface area contributed by atoms with E-state index in [4.69, 9.17) is 0 Å². The van der Waals surface area contributed by atoms with E-state index in [9.17, 15) is 0 Å². The van der Waals surface area contributed by atoms with Crippen LogP contribution in [0, 0.1) is 0 Å². The molecule has 0 aliphatic heterocycles. The van der Waals surface area contributed by atoms with Gasteiger partial charge in [-0.3, -0.25) is 14.3 Å². The number of nitrogens with zero attached hydrogens (tertiary/aromatic N) is 5. The van der Waals surface area contributed by atoms with Crippen molar-refractivity contribution in [1.82, 2.24) is 24.3 Å². The Morgan fingerprint density at radius 1 is 1.15 bits per heavy atom. The lowest BCUT2D eigenvalue weighted by atomic mass is 10.2. The smallest absolute Gasteiger partial charge is 0.233 e. The maximum atomic E-state index is 4.41. The molecule has 0 aliphatic rings. The van der Waals surface area contributed by atoms with Crippen LogP contribution in [0.3, 0.4) is 0 Å². The molecule has 20 heavy (non-hydrogen) atoms. The fourth-order valence-corrected chi connectivity index (χ4v) is 2.24. The van der Waals surface area contributed by atoms with E-state index >= 15 is 0 Å². The summed E-state index contributed by atoms with van der Waals surface area (Å²) in [6, 6.07) is 8.17. The molecule has 102 valence electrons. The number of rotatable bonds is 4. The van der Waals surface area contributed by atoms with Crippen molar-refractivity contribution < 1.29 is 0 Å². The fraction of sp³-hybridized carbons (Fsp3) is 0.267. The Balaban J connectivity index is 1.80. The van der Waals surface area contributed by atoms with Gasteiger partial charge in [-0.1, -0.05) is 6.07 Å². The van der Waals surface area contributed by atoms with E-state index in [1.165, 1.54) is 0 Å². The van der Waals surface area contributed by atoms with Crippen molar-refractivity contribution in [2.24, 2.45) is 0 Å². The lowest BCUT2D eigenvalue weighted by Gasteiger charge is -2.23. The van der Waals surface area contributed by atoms with Crippen molar-refractivity contribution >= 4 is 5.78 Å². The second kappa shape index (κ2) is 5.38. The molecule has 0 aromatic carbocycles. The first-order valence-electron chi connectivity index (χ1n) is 6.64. The van der Waals surface area contributed by atoms with Gasteiger partial charge >= 0.3 is 0 Å². The second-order valence-electron chi connectivity index (χ2n) is 4.88. The molecule has 5 heteroatoms. The van der Waals surface area contributed by atoms with Crippen LogP contribution < -0.4 is 0 Å². The van der Waals surface area contributed by atoms with Crippen LogP contribution in [0.5, 0.6) is 0 Å². The standard InChI is InChI=1S/C15H17N5/c1-12(14-6-3-4-7-16-14)19(2)11-13-10-18-15-17-8-5-9-20(13)15/h3-10,12H,11H2,1-2H3/t12-/m0/s1. The SMILES string of the molecule is C[C@@H](c1ccccn1)N(C)Cc1cnc2ncccn12. The van der Waals surface area contributed by atoms with E-state index in [0.29, 0.717) is 0 Å². The molecule has 1 atom stereocenters. The first kappa shape index (κ1) is 12.7. The van der Waals surface area contributed by atoms with Gasteiger partial charge in [-0.2, -0.15) is 0 Å². The maximum absolute atomic E-state index is 4.41. The zero-order chi connectivity index (χ0) is 13.9. The maximum Gasteiger partial charge on any atom is 0.233 e. The highest BCUT2D eigenvalue weighted by molar-refractivity contribution is 5.30. The van der Waals surface area contributed by atoms with Gasteiger partial charge in [-0.15, -0.1) is 0 Å². The van der Waals surface area contributed by atoms with Gasteiger partial charge in [0, 0.05) is 31.2 Å². The summed E-state index contributed by atoms with van der Waals surface area (Å²) in [4.78, 5) is 15.2. The first-order valence-corrected chi connectivity index (χ1v) is 6.64. The van der Waals surface area contributed by atoms with Crippen LogP contribution in [0.1, 0.15) is 24.4 Å². The van der Waals surface area contributed by atoms with E-state index in [1.54, 1.807) is 6.20 Å². The molecule has 3 heterocycles. The van der Waals surface area contributed by atoms with Gasteiger partial charge in [0.1, 0.15) is 0 Å². The molecule has 0 fully saturated rings. The monoisotopic (exact) mass is 267 g/mol. The summed E-state index contributed by atoms with van der Waals surface area (Å²) in [7, 11) is 2.09. The average Bonchev–Trinajstić information content (AvgIpc) is 2.91. The Hall–Kier alpha value is -2.27. The van der Waals surface area contributed by atoms with Crippen LogP contribution in [0.15, 0.2) is 49.1 Å². The summed E-state index contributed by atoms with van der Waals surface area (Å²) in [6.45, 7) is 2.95. The molecule has 3 aromatic heterocycles. The molecule has 3 rings (SSSR count). The van der Waals surface area contributed by atoms with E-state index in [1.807, 2.05) is 41.2 Å². The highest BCUT2D eigenvalue weighted by Crippen LogP contribution is 2.18. The Morgan fingerprint density at radius 3 is 2.80 bits per heavy atom. The predicted molar refractivity (Wildman–Crippen MR) is 77.1 cm³/mol. The molecule has 0 saturated heterocycles. The zero-order valence-electron chi connectivity index (χ0n) is 11.6. The lowest BCUT2D eigenvalue weighted by molar-refractivity contribution is 0.245. The number of fused-ring (bicyclic) bond motifs is 1. The minimum atomic E-state index is 0.249.